The van der Waals surface area contributed by atoms with Crippen LogP contribution in [0.15, 0.2) is 35.4 Å². The van der Waals surface area contributed by atoms with Crippen molar-refractivity contribution in [2.45, 2.75) is 13.0 Å². The van der Waals surface area contributed by atoms with E-state index in [0.717, 1.165) is 18.3 Å². The summed E-state index contributed by atoms with van der Waals surface area (Å²) in [5, 5.41) is 4.00. The molecule has 10 heteroatoms. The highest BCUT2D eigenvalue weighted by molar-refractivity contribution is 7.80. The van der Waals surface area contributed by atoms with E-state index in [0.29, 0.717) is 49.7 Å². The fourth-order valence-corrected chi connectivity index (χ4v) is 3.64. The second kappa shape index (κ2) is 10.1. The SMILES string of the molecule is NC(=S)N/N=C/c1cc(F)cc(N2CCCN(Cc3c(F)cccc3Cl)CC2)c1F. The van der Waals surface area contributed by atoms with Gasteiger partial charge in [0.1, 0.15) is 11.6 Å². The molecule has 1 fully saturated rings. The van der Waals surface area contributed by atoms with Gasteiger partial charge in [-0.2, -0.15) is 5.10 Å². The zero-order valence-electron chi connectivity index (χ0n) is 16.0. The molecular formula is C20H21ClF3N5S. The van der Waals surface area contributed by atoms with E-state index < -0.39 is 11.6 Å². The van der Waals surface area contributed by atoms with Crippen LogP contribution < -0.4 is 16.1 Å². The van der Waals surface area contributed by atoms with Gasteiger partial charge in [-0.3, -0.25) is 10.3 Å². The first kappa shape index (κ1) is 22.3. The van der Waals surface area contributed by atoms with Crippen LogP contribution in [0, 0.1) is 17.5 Å². The van der Waals surface area contributed by atoms with Gasteiger partial charge in [-0.05, 0) is 36.8 Å². The number of hydrogen-bond acceptors (Lipinski definition) is 4. The van der Waals surface area contributed by atoms with Gasteiger partial charge in [0.05, 0.1) is 11.9 Å². The summed E-state index contributed by atoms with van der Waals surface area (Å²) in [6, 6.07) is 6.81. The largest absolute Gasteiger partial charge is 0.375 e. The fraction of sp³-hybridized carbons (Fsp3) is 0.300. The third-order valence-corrected chi connectivity index (χ3v) is 5.24. The first-order valence-electron chi connectivity index (χ1n) is 9.33. The van der Waals surface area contributed by atoms with E-state index in [1.165, 1.54) is 6.07 Å². The predicted octanol–water partition coefficient (Wildman–Crippen LogP) is 3.64. The lowest BCUT2D eigenvalue weighted by Gasteiger charge is -2.25. The van der Waals surface area contributed by atoms with Crippen molar-refractivity contribution >= 4 is 40.8 Å². The van der Waals surface area contributed by atoms with Crippen LogP contribution in [0.3, 0.4) is 0 Å². The van der Waals surface area contributed by atoms with Gasteiger partial charge in [-0.15, -0.1) is 0 Å². The number of nitrogens with one attached hydrogen (secondary N) is 1. The van der Waals surface area contributed by atoms with Crippen LogP contribution >= 0.6 is 23.8 Å². The van der Waals surface area contributed by atoms with Crippen LogP contribution in [0.25, 0.3) is 0 Å². The summed E-state index contributed by atoms with van der Waals surface area (Å²) in [5.74, 6) is -1.52. The highest BCUT2D eigenvalue weighted by atomic mass is 35.5. The van der Waals surface area contributed by atoms with Crippen molar-refractivity contribution in [1.29, 1.82) is 0 Å². The number of thiocarbonyl (C=S) groups is 1. The number of nitrogens with zero attached hydrogens (tertiary/aromatic N) is 3. The topological polar surface area (TPSA) is 56.9 Å². The van der Waals surface area contributed by atoms with Crippen molar-refractivity contribution in [3.05, 3.63) is 63.9 Å². The van der Waals surface area contributed by atoms with E-state index in [-0.39, 0.29) is 22.2 Å². The predicted molar refractivity (Wildman–Crippen MR) is 117 cm³/mol. The van der Waals surface area contributed by atoms with E-state index in [9.17, 15) is 13.2 Å². The lowest BCUT2D eigenvalue weighted by molar-refractivity contribution is 0.281. The van der Waals surface area contributed by atoms with Crippen molar-refractivity contribution < 1.29 is 13.2 Å². The van der Waals surface area contributed by atoms with E-state index in [4.69, 9.17) is 17.3 Å². The molecule has 0 aromatic heterocycles. The summed E-state index contributed by atoms with van der Waals surface area (Å²) in [6.45, 7) is 2.57. The summed E-state index contributed by atoms with van der Waals surface area (Å²) in [4.78, 5) is 3.83. The molecule has 1 heterocycles. The number of rotatable bonds is 5. The van der Waals surface area contributed by atoms with Crippen molar-refractivity contribution in [2.24, 2.45) is 10.8 Å². The van der Waals surface area contributed by atoms with Crippen molar-refractivity contribution in [3.8, 4) is 0 Å². The minimum absolute atomic E-state index is 0.0204. The van der Waals surface area contributed by atoms with Crippen molar-refractivity contribution in [3.63, 3.8) is 0 Å². The van der Waals surface area contributed by atoms with Crippen LogP contribution in [-0.2, 0) is 6.54 Å². The van der Waals surface area contributed by atoms with Gasteiger partial charge in [0.25, 0.3) is 0 Å². The highest BCUT2D eigenvalue weighted by Crippen LogP contribution is 2.26. The minimum atomic E-state index is -0.588. The van der Waals surface area contributed by atoms with Gasteiger partial charge in [0.15, 0.2) is 10.9 Å². The molecule has 0 bridgehead atoms. The lowest BCUT2D eigenvalue weighted by Crippen LogP contribution is -2.31. The number of nitrogens with two attached hydrogens (primary N) is 1. The first-order valence-corrected chi connectivity index (χ1v) is 10.1. The molecule has 0 spiro atoms. The average molecular weight is 456 g/mol. The minimum Gasteiger partial charge on any atom is -0.375 e. The van der Waals surface area contributed by atoms with Gasteiger partial charge in [0.2, 0.25) is 0 Å². The normalized spacial score (nSPS) is 15.4. The van der Waals surface area contributed by atoms with Crippen molar-refractivity contribution in [1.82, 2.24) is 10.3 Å². The van der Waals surface area contributed by atoms with Crippen molar-refractivity contribution in [2.75, 3.05) is 31.1 Å². The van der Waals surface area contributed by atoms with Gasteiger partial charge in [0, 0.05) is 54.9 Å². The number of hydrazone groups is 1. The average Bonchev–Trinajstić information content (AvgIpc) is 2.92. The quantitative estimate of drug-likeness (QED) is 0.409. The number of hydrogen-bond donors (Lipinski definition) is 2. The van der Waals surface area contributed by atoms with E-state index >= 15 is 0 Å². The van der Waals surface area contributed by atoms with Crippen LogP contribution in [0.2, 0.25) is 5.02 Å². The molecule has 0 saturated carbocycles. The third kappa shape index (κ3) is 5.62. The Hall–Kier alpha value is -2.36. The molecule has 2 aromatic carbocycles. The lowest BCUT2D eigenvalue weighted by atomic mass is 10.1. The van der Waals surface area contributed by atoms with Gasteiger partial charge < -0.3 is 10.6 Å². The Morgan fingerprint density at radius 2 is 2.00 bits per heavy atom. The maximum atomic E-state index is 15.0. The zero-order valence-corrected chi connectivity index (χ0v) is 17.6. The Morgan fingerprint density at radius 3 is 2.73 bits per heavy atom. The van der Waals surface area contributed by atoms with Gasteiger partial charge >= 0.3 is 0 Å². The molecule has 1 aliphatic rings. The third-order valence-electron chi connectivity index (χ3n) is 4.80. The summed E-state index contributed by atoms with van der Waals surface area (Å²) in [5.41, 5.74) is 8.15. The molecule has 0 amide bonds. The Labute approximate surface area is 183 Å². The maximum absolute atomic E-state index is 15.0. The summed E-state index contributed by atoms with van der Waals surface area (Å²) in [7, 11) is 0. The van der Waals surface area contributed by atoms with E-state index in [2.05, 4.69) is 27.6 Å². The van der Waals surface area contributed by atoms with E-state index in [1.54, 1.807) is 17.0 Å². The number of anilines is 1. The Kier molecular flexibility index (Phi) is 7.52. The van der Waals surface area contributed by atoms with Crippen LogP contribution in [0.1, 0.15) is 17.5 Å². The Morgan fingerprint density at radius 1 is 1.20 bits per heavy atom. The summed E-state index contributed by atoms with van der Waals surface area (Å²) in [6.07, 6.45) is 1.83. The second-order valence-corrected chi connectivity index (χ2v) is 7.73. The monoisotopic (exact) mass is 455 g/mol. The van der Waals surface area contributed by atoms with E-state index in [1.807, 2.05) is 0 Å². The molecule has 3 rings (SSSR count). The molecular weight excluding hydrogens is 435 g/mol. The zero-order chi connectivity index (χ0) is 21.7. The standard InChI is InChI=1S/C20H21ClF3N5S/c21-16-3-1-4-17(23)15(16)12-28-5-2-6-29(8-7-28)18-10-14(22)9-13(19(18)24)11-26-27-20(25)30/h1,3-4,9-11H,2,5-8,12H2,(H3,25,27,30)/b26-11+. The van der Waals surface area contributed by atoms with Gasteiger partial charge in [-0.1, -0.05) is 17.7 Å². The molecule has 0 unspecified atom stereocenters. The van der Waals surface area contributed by atoms with Crippen LogP contribution in [0.5, 0.6) is 0 Å². The first-order chi connectivity index (χ1) is 14.3. The molecule has 160 valence electrons. The van der Waals surface area contributed by atoms with Crippen LogP contribution in [0.4, 0.5) is 18.9 Å². The Balaban J connectivity index is 1.74. The second-order valence-electron chi connectivity index (χ2n) is 6.88. The van der Waals surface area contributed by atoms with Crippen LogP contribution in [-0.4, -0.2) is 42.4 Å². The maximum Gasteiger partial charge on any atom is 0.184 e. The highest BCUT2D eigenvalue weighted by Gasteiger charge is 2.21. The molecule has 1 saturated heterocycles. The Bertz CT molecular complexity index is 936. The molecule has 0 radical (unpaired) electrons. The molecule has 0 atom stereocenters. The molecule has 2 aromatic rings. The number of benzene rings is 2. The smallest absolute Gasteiger partial charge is 0.184 e. The molecule has 3 N–H and O–H groups in total. The molecule has 0 aliphatic carbocycles. The number of halogens is 4. The molecule has 1 aliphatic heterocycles. The fourth-order valence-electron chi connectivity index (χ4n) is 3.36. The summed E-state index contributed by atoms with van der Waals surface area (Å²) >= 11 is 10.8. The molecule has 30 heavy (non-hydrogen) atoms. The summed E-state index contributed by atoms with van der Waals surface area (Å²) < 4.78 is 43.2. The van der Waals surface area contributed by atoms with Gasteiger partial charge in [-0.25, -0.2) is 13.2 Å². The molecule has 5 nitrogen and oxygen atoms in total.